The molecule has 0 unspecified atom stereocenters. The molecule has 0 amide bonds. The smallest absolute Gasteiger partial charge is 0.386 e. The maximum atomic E-state index is 15.7. The van der Waals surface area contributed by atoms with Crippen molar-refractivity contribution < 1.29 is 18.1 Å². The van der Waals surface area contributed by atoms with E-state index in [1.165, 1.54) is 83.5 Å². The predicted molar refractivity (Wildman–Crippen MR) is 368 cm³/mol. The van der Waals surface area contributed by atoms with E-state index in [2.05, 4.69) is 270 Å². The molecule has 86 heavy (non-hydrogen) atoms. The van der Waals surface area contributed by atoms with Gasteiger partial charge in [-0.1, -0.05) is 270 Å². The third-order valence-electron chi connectivity index (χ3n) is 17.1. The van der Waals surface area contributed by atoms with Crippen LogP contribution in [0.2, 0.25) is 0 Å². The Morgan fingerprint density at radius 1 is 0.233 bits per heavy atom. The fraction of sp³-hybridized carbons (Fsp3) is 0.333. The second kappa shape index (κ2) is 26.7. The number of hydrogen-bond acceptors (Lipinski definition) is 4. The van der Waals surface area contributed by atoms with Crippen molar-refractivity contribution in [2.24, 2.45) is 0 Å². The van der Waals surface area contributed by atoms with Crippen LogP contribution in [0.1, 0.15) is 228 Å². The van der Waals surface area contributed by atoms with Gasteiger partial charge in [0.15, 0.2) is 0 Å². The van der Waals surface area contributed by atoms with E-state index >= 15 is 4.57 Å². The molecular formula is C81H93O4P. The molecule has 0 heterocycles. The fourth-order valence-electron chi connectivity index (χ4n) is 13.0. The zero-order valence-corrected chi connectivity index (χ0v) is 55.5. The van der Waals surface area contributed by atoms with Crippen LogP contribution in [-0.4, -0.2) is 0 Å². The number of benzene rings is 9. The van der Waals surface area contributed by atoms with Gasteiger partial charge in [-0.2, -0.15) is 4.57 Å². The summed E-state index contributed by atoms with van der Waals surface area (Å²) in [4.78, 5) is 0. The van der Waals surface area contributed by atoms with Gasteiger partial charge in [-0.25, -0.2) is 0 Å². The van der Waals surface area contributed by atoms with Crippen LogP contribution in [0.4, 0.5) is 0 Å². The first-order valence-electron chi connectivity index (χ1n) is 31.8. The summed E-state index contributed by atoms with van der Waals surface area (Å²) in [5.74, 6) is 3.85. The first-order valence-corrected chi connectivity index (χ1v) is 33.2. The summed E-state index contributed by atoms with van der Waals surface area (Å²) in [6, 6.07) is 64.0. The summed E-state index contributed by atoms with van der Waals surface area (Å²) in [5, 5.41) is 0. The van der Waals surface area contributed by atoms with Crippen LogP contribution in [0.15, 0.2) is 182 Å². The molecule has 0 aliphatic heterocycles. The molecule has 0 atom stereocenters. The van der Waals surface area contributed by atoms with Crippen molar-refractivity contribution in [2.45, 2.75) is 178 Å². The summed E-state index contributed by atoms with van der Waals surface area (Å²) in [6.45, 7) is 41.1. The van der Waals surface area contributed by atoms with Gasteiger partial charge in [0.2, 0.25) is 0 Å². The quantitative estimate of drug-likeness (QED) is 0.0673. The van der Waals surface area contributed by atoms with Crippen LogP contribution in [0.25, 0.3) is 66.8 Å². The Balaban J connectivity index is 1.12. The Hall–Kier alpha value is -7.39. The van der Waals surface area contributed by atoms with E-state index in [0.29, 0.717) is 52.8 Å². The standard InChI is InChI=1S/C81H93O4P/c1-49(2)64-25-19-22-28-73(64)79-67(52(7)8)43-46-70(76(79)55(13)14)58-31-37-61(38-32-58)83-86(82,84-62-39-33-59(34-40-62)71-47-44-68(53(9)10)80(77(71)56(15)16)74-29-23-20-26-65(74)50(3)4)85-63-41-35-60(36-42-63)72-48-45-69(54(11)12)81(78(72)57(17)18)75-30-24-21-27-66(75)51(5)6/h19-57H,1-18H3. The summed E-state index contributed by atoms with van der Waals surface area (Å²) in [6.07, 6.45) is 0. The molecule has 9 aromatic carbocycles. The van der Waals surface area contributed by atoms with Crippen LogP contribution in [0.3, 0.4) is 0 Å². The lowest BCUT2D eigenvalue weighted by atomic mass is 9.78. The summed E-state index contributed by atoms with van der Waals surface area (Å²) < 4.78 is 35.4. The zero-order chi connectivity index (χ0) is 61.9. The van der Waals surface area contributed by atoms with E-state index in [0.717, 1.165) is 33.4 Å². The van der Waals surface area contributed by atoms with E-state index in [1.54, 1.807) is 0 Å². The summed E-state index contributed by atoms with van der Waals surface area (Å²) >= 11 is 0. The average Bonchev–Trinajstić information content (AvgIpc) is 1.81. The fourth-order valence-corrected chi connectivity index (χ4v) is 14.3. The Bertz CT molecular complexity index is 3450. The van der Waals surface area contributed by atoms with Gasteiger partial charge < -0.3 is 13.6 Å². The van der Waals surface area contributed by atoms with Gasteiger partial charge in [0, 0.05) is 0 Å². The normalized spacial score (nSPS) is 12.1. The molecular weight excluding hydrogens is 1070 g/mol. The number of phosphoric ester groups is 1. The lowest BCUT2D eigenvalue weighted by Crippen LogP contribution is -2.08. The molecule has 0 saturated carbocycles. The molecule has 446 valence electrons. The van der Waals surface area contributed by atoms with Crippen molar-refractivity contribution in [3.8, 4) is 84.0 Å². The van der Waals surface area contributed by atoms with Gasteiger partial charge in [-0.15, -0.1) is 0 Å². The SMILES string of the molecule is CC(C)c1ccccc1-c1c(C(C)C)ccc(-c2ccc(OP(=O)(Oc3ccc(-c4ccc(C(C)C)c(-c5ccccc5C(C)C)c4C(C)C)cc3)Oc3ccc(-c4ccc(C(C)C)c(-c5ccccc5C(C)C)c4C(C)C)cc3)cc2)c1C(C)C. The molecule has 0 bridgehead atoms. The highest BCUT2D eigenvalue weighted by Crippen LogP contribution is 2.53. The molecule has 0 fully saturated rings. The van der Waals surface area contributed by atoms with E-state index in [1.807, 2.05) is 36.4 Å². The lowest BCUT2D eigenvalue weighted by molar-refractivity contribution is 0.298. The van der Waals surface area contributed by atoms with Gasteiger partial charge in [-0.3, -0.25) is 0 Å². The van der Waals surface area contributed by atoms with Gasteiger partial charge in [-0.05, 0) is 206 Å². The molecule has 0 radical (unpaired) electrons. The summed E-state index contributed by atoms with van der Waals surface area (Å²) in [7, 11) is -4.46. The van der Waals surface area contributed by atoms with E-state index in [-0.39, 0.29) is 17.8 Å². The van der Waals surface area contributed by atoms with Crippen LogP contribution in [-0.2, 0) is 4.57 Å². The van der Waals surface area contributed by atoms with Gasteiger partial charge in [0.25, 0.3) is 0 Å². The molecule has 0 aromatic heterocycles. The maximum Gasteiger partial charge on any atom is 0.647 e. The van der Waals surface area contributed by atoms with E-state index in [9.17, 15) is 0 Å². The molecule has 0 N–H and O–H groups in total. The maximum absolute atomic E-state index is 15.7. The molecule has 0 aliphatic rings. The monoisotopic (exact) mass is 1160 g/mol. The largest absolute Gasteiger partial charge is 0.647 e. The first-order chi connectivity index (χ1) is 41.0. The van der Waals surface area contributed by atoms with E-state index < -0.39 is 7.82 Å². The van der Waals surface area contributed by atoms with E-state index in [4.69, 9.17) is 13.6 Å². The second-order valence-corrected chi connectivity index (χ2v) is 27.9. The lowest BCUT2D eigenvalue weighted by Gasteiger charge is -2.26. The minimum Gasteiger partial charge on any atom is -0.386 e. The Morgan fingerprint density at radius 3 is 0.663 bits per heavy atom. The zero-order valence-electron chi connectivity index (χ0n) is 54.6. The third-order valence-corrected chi connectivity index (χ3v) is 18.4. The highest BCUT2D eigenvalue weighted by Gasteiger charge is 2.34. The number of hydrogen-bond donors (Lipinski definition) is 0. The van der Waals surface area contributed by atoms with Crippen LogP contribution >= 0.6 is 7.82 Å². The summed E-state index contributed by atoms with van der Waals surface area (Å²) in [5.41, 5.74) is 26.4. The van der Waals surface area contributed by atoms with Crippen molar-refractivity contribution >= 4 is 7.82 Å². The molecule has 0 saturated heterocycles. The van der Waals surface area contributed by atoms with Crippen molar-refractivity contribution in [3.63, 3.8) is 0 Å². The molecule has 0 aliphatic carbocycles. The Kier molecular flexibility index (Phi) is 19.6. The first kappa shape index (κ1) is 63.1. The molecule has 9 rings (SSSR count). The Morgan fingerprint density at radius 2 is 0.453 bits per heavy atom. The highest BCUT2D eigenvalue weighted by molar-refractivity contribution is 7.49. The molecule has 9 aromatic rings. The second-order valence-electron chi connectivity index (χ2n) is 26.4. The highest BCUT2D eigenvalue weighted by atomic mass is 31.2. The minimum atomic E-state index is -4.46. The number of phosphoric acid groups is 1. The van der Waals surface area contributed by atoms with Crippen molar-refractivity contribution in [1.82, 2.24) is 0 Å². The van der Waals surface area contributed by atoms with Crippen LogP contribution < -0.4 is 13.6 Å². The topological polar surface area (TPSA) is 44.8 Å². The molecule has 0 spiro atoms. The van der Waals surface area contributed by atoms with Gasteiger partial charge >= 0.3 is 7.82 Å². The number of rotatable bonds is 21. The van der Waals surface area contributed by atoms with Crippen molar-refractivity contribution in [2.75, 3.05) is 0 Å². The van der Waals surface area contributed by atoms with Crippen molar-refractivity contribution in [1.29, 1.82) is 0 Å². The molecule has 4 nitrogen and oxygen atoms in total. The predicted octanol–water partition coefficient (Wildman–Crippen LogP) is 25.4. The molecule has 5 heteroatoms. The third kappa shape index (κ3) is 13.3. The van der Waals surface area contributed by atoms with Gasteiger partial charge in [0.1, 0.15) is 17.2 Å². The average molecular weight is 1160 g/mol. The van der Waals surface area contributed by atoms with Gasteiger partial charge in [0.05, 0.1) is 0 Å². The Labute approximate surface area is 517 Å². The van der Waals surface area contributed by atoms with Crippen LogP contribution in [0.5, 0.6) is 17.2 Å². The minimum absolute atomic E-state index is 0.231. The van der Waals surface area contributed by atoms with Crippen molar-refractivity contribution in [3.05, 3.63) is 232 Å². The van der Waals surface area contributed by atoms with Crippen LogP contribution in [0, 0.1) is 0 Å².